The van der Waals surface area contributed by atoms with Crippen LogP contribution in [0.5, 0.6) is 0 Å². The zero-order chi connectivity index (χ0) is 10.6. The quantitative estimate of drug-likeness (QED) is 0.240. The van der Waals surface area contributed by atoms with E-state index in [-0.39, 0.29) is 11.5 Å². The highest BCUT2D eigenvalue weighted by Gasteiger charge is 2.10. The van der Waals surface area contributed by atoms with Gasteiger partial charge in [0.15, 0.2) is 5.84 Å². The van der Waals surface area contributed by atoms with Gasteiger partial charge in [-0.2, -0.15) is 5.53 Å². The number of nitrogens with one attached hydrogen (secondary N) is 3. The van der Waals surface area contributed by atoms with Gasteiger partial charge in [0.25, 0.3) is 0 Å². The van der Waals surface area contributed by atoms with Crippen molar-refractivity contribution in [3.8, 4) is 0 Å². The number of nitrogens with two attached hydrogens (primary N) is 1. The lowest BCUT2D eigenvalue weighted by molar-refractivity contribution is 0.379. The summed E-state index contributed by atoms with van der Waals surface area (Å²) in [6.07, 6.45) is 0. The first-order valence-corrected chi connectivity index (χ1v) is 4.09. The lowest BCUT2D eigenvalue weighted by Gasteiger charge is -2.18. The van der Waals surface area contributed by atoms with Gasteiger partial charge in [0.2, 0.25) is 0 Å². The molecule has 0 aliphatic carbocycles. The van der Waals surface area contributed by atoms with E-state index in [9.17, 15) is 0 Å². The van der Waals surface area contributed by atoms with Crippen molar-refractivity contribution in [3.63, 3.8) is 0 Å². The highest BCUT2D eigenvalue weighted by atomic mass is 15.6. The molecule has 74 valence electrons. The van der Waals surface area contributed by atoms with Gasteiger partial charge in [0, 0.05) is 12.6 Å². The second-order valence-corrected chi connectivity index (χ2v) is 2.78. The lowest BCUT2D eigenvalue weighted by atomic mass is 10.1. The fourth-order valence-corrected chi connectivity index (χ4v) is 0.974. The Hall–Kier alpha value is -1.72. The fourth-order valence-electron chi connectivity index (χ4n) is 0.974. The van der Waals surface area contributed by atoms with Crippen LogP contribution >= 0.6 is 0 Å². The average molecular weight is 191 g/mol. The molecule has 1 aromatic carbocycles. The van der Waals surface area contributed by atoms with Crippen LogP contribution in [0.2, 0.25) is 0 Å². The molecule has 0 heterocycles. The molecule has 0 radical (unpaired) electrons. The summed E-state index contributed by atoms with van der Waals surface area (Å²) in [7, 11) is 1.58. The van der Waals surface area contributed by atoms with E-state index in [4.69, 9.17) is 16.7 Å². The van der Waals surface area contributed by atoms with Crippen LogP contribution in [-0.2, 0) is 0 Å². The second-order valence-electron chi connectivity index (χ2n) is 2.78. The van der Waals surface area contributed by atoms with Crippen LogP contribution in [-0.4, -0.2) is 23.6 Å². The molecule has 0 atom stereocenters. The predicted molar refractivity (Wildman–Crippen MR) is 56.1 cm³/mol. The Morgan fingerprint density at radius 3 is 2.36 bits per heavy atom. The molecular formula is C9H13N5. The lowest BCUT2D eigenvalue weighted by Crippen LogP contribution is -2.46. The molecule has 0 aliphatic rings. The second kappa shape index (κ2) is 4.50. The van der Waals surface area contributed by atoms with E-state index in [1.165, 1.54) is 5.01 Å². The van der Waals surface area contributed by atoms with Crippen molar-refractivity contribution in [2.24, 2.45) is 5.84 Å². The van der Waals surface area contributed by atoms with Crippen molar-refractivity contribution in [1.82, 2.24) is 10.5 Å². The van der Waals surface area contributed by atoms with E-state index in [1.54, 1.807) is 19.2 Å². The normalized spacial score (nSPS) is 9.57. The maximum Gasteiger partial charge on any atom is 0.162 e. The third kappa shape index (κ3) is 2.15. The molecule has 1 rings (SSSR count). The standard InChI is InChI=1S/C9H13N5/c1-14(13-12)9(11)8(10)7-5-3-2-4-6-7/h2-6,10-11,13H,12H2,1H3. The van der Waals surface area contributed by atoms with Crippen molar-refractivity contribution in [3.05, 3.63) is 35.9 Å². The number of nitrogens with zero attached hydrogens (tertiary/aromatic N) is 1. The molecule has 0 spiro atoms. The third-order valence-electron chi connectivity index (χ3n) is 1.83. The minimum Gasteiger partial charge on any atom is -0.296 e. The van der Waals surface area contributed by atoms with E-state index < -0.39 is 0 Å². The first-order chi connectivity index (χ1) is 6.66. The summed E-state index contributed by atoms with van der Waals surface area (Å²) in [4.78, 5) is 0. The molecular weight excluding hydrogens is 178 g/mol. The molecule has 14 heavy (non-hydrogen) atoms. The number of benzene rings is 1. The summed E-state index contributed by atoms with van der Waals surface area (Å²) in [6.45, 7) is 0. The Morgan fingerprint density at radius 1 is 1.29 bits per heavy atom. The monoisotopic (exact) mass is 191 g/mol. The highest BCUT2D eigenvalue weighted by molar-refractivity contribution is 6.44. The van der Waals surface area contributed by atoms with Gasteiger partial charge in [-0.3, -0.25) is 21.7 Å². The van der Waals surface area contributed by atoms with Crippen LogP contribution in [0.15, 0.2) is 30.3 Å². The number of likely N-dealkylation sites (N-methyl/N-ethyl adjacent to an activating group) is 1. The summed E-state index contributed by atoms with van der Waals surface area (Å²) >= 11 is 0. The Bertz CT molecular complexity index is 332. The van der Waals surface area contributed by atoms with E-state index in [0.29, 0.717) is 5.56 Å². The van der Waals surface area contributed by atoms with Gasteiger partial charge in [0.05, 0.1) is 0 Å². The van der Waals surface area contributed by atoms with Crippen LogP contribution in [0.1, 0.15) is 5.56 Å². The van der Waals surface area contributed by atoms with Crippen LogP contribution < -0.4 is 11.4 Å². The SMILES string of the molecule is CN(NN)C(=N)C(=N)c1ccccc1. The first kappa shape index (κ1) is 10.4. The number of hydrogen-bond acceptors (Lipinski definition) is 4. The summed E-state index contributed by atoms with van der Waals surface area (Å²) in [5.74, 6) is 5.15. The van der Waals surface area contributed by atoms with Crippen molar-refractivity contribution in [2.75, 3.05) is 7.05 Å². The van der Waals surface area contributed by atoms with Gasteiger partial charge in [0.1, 0.15) is 5.71 Å². The molecule has 0 saturated carbocycles. The number of hydrazine groups is 2. The van der Waals surface area contributed by atoms with Crippen LogP contribution in [0.4, 0.5) is 0 Å². The van der Waals surface area contributed by atoms with Crippen LogP contribution in [0.3, 0.4) is 0 Å². The molecule has 0 aliphatic heterocycles. The minimum atomic E-state index is 0.0266. The summed E-state index contributed by atoms with van der Waals surface area (Å²) in [5.41, 5.74) is 3.11. The summed E-state index contributed by atoms with van der Waals surface area (Å²) in [5, 5.41) is 16.6. The average Bonchev–Trinajstić information content (AvgIpc) is 2.27. The number of amidine groups is 1. The van der Waals surface area contributed by atoms with Gasteiger partial charge < -0.3 is 0 Å². The Balaban J connectivity index is 2.82. The van der Waals surface area contributed by atoms with E-state index in [2.05, 4.69) is 5.53 Å². The predicted octanol–water partition coefficient (Wildman–Crippen LogP) is 0.342. The smallest absolute Gasteiger partial charge is 0.162 e. The van der Waals surface area contributed by atoms with E-state index >= 15 is 0 Å². The highest BCUT2D eigenvalue weighted by Crippen LogP contribution is 2.01. The topological polar surface area (TPSA) is 89.0 Å². The fraction of sp³-hybridized carbons (Fsp3) is 0.111. The van der Waals surface area contributed by atoms with Crippen molar-refractivity contribution < 1.29 is 0 Å². The Morgan fingerprint density at radius 2 is 1.86 bits per heavy atom. The van der Waals surface area contributed by atoms with Gasteiger partial charge in [-0.25, -0.2) is 0 Å². The first-order valence-electron chi connectivity index (χ1n) is 4.09. The number of rotatable bonds is 3. The number of hydrogen-bond donors (Lipinski definition) is 4. The van der Waals surface area contributed by atoms with Crippen LogP contribution in [0, 0.1) is 10.8 Å². The van der Waals surface area contributed by atoms with Crippen molar-refractivity contribution >= 4 is 11.5 Å². The summed E-state index contributed by atoms with van der Waals surface area (Å²) in [6, 6.07) is 9.08. The molecule has 0 saturated heterocycles. The van der Waals surface area contributed by atoms with Crippen molar-refractivity contribution in [2.45, 2.75) is 0 Å². The van der Waals surface area contributed by atoms with Crippen LogP contribution in [0.25, 0.3) is 0 Å². The van der Waals surface area contributed by atoms with E-state index in [1.807, 2.05) is 18.2 Å². The Labute approximate surface area is 82.5 Å². The van der Waals surface area contributed by atoms with Gasteiger partial charge in [-0.1, -0.05) is 30.3 Å². The van der Waals surface area contributed by atoms with E-state index in [0.717, 1.165) is 0 Å². The maximum atomic E-state index is 7.71. The molecule has 5 heteroatoms. The molecule has 0 bridgehead atoms. The molecule has 5 N–H and O–H groups in total. The molecule has 1 aromatic rings. The molecule has 0 fully saturated rings. The van der Waals surface area contributed by atoms with Gasteiger partial charge in [-0.05, 0) is 0 Å². The van der Waals surface area contributed by atoms with Gasteiger partial charge >= 0.3 is 0 Å². The maximum absolute atomic E-state index is 7.71. The molecule has 0 unspecified atom stereocenters. The largest absolute Gasteiger partial charge is 0.296 e. The zero-order valence-corrected chi connectivity index (χ0v) is 7.91. The molecule has 0 amide bonds. The zero-order valence-electron chi connectivity index (χ0n) is 7.91. The molecule has 5 nitrogen and oxygen atoms in total. The summed E-state index contributed by atoms with van der Waals surface area (Å²) < 4.78 is 0. The molecule has 0 aromatic heterocycles. The third-order valence-corrected chi connectivity index (χ3v) is 1.83. The van der Waals surface area contributed by atoms with Gasteiger partial charge in [-0.15, -0.1) is 0 Å². The Kier molecular flexibility index (Phi) is 3.33. The minimum absolute atomic E-state index is 0.0266. The van der Waals surface area contributed by atoms with Crippen molar-refractivity contribution in [1.29, 1.82) is 10.8 Å².